The number of rotatable bonds is 5. The van der Waals surface area contributed by atoms with Gasteiger partial charge in [-0.15, -0.1) is 0 Å². The zero-order chi connectivity index (χ0) is 20.4. The third-order valence-corrected chi connectivity index (χ3v) is 6.07. The van der Waals surface area contributed by atoms with Crippen LogP contribution >= 0.6 is 0 Å². The molecule has 0 bridgehead atoms. The van der Waals surface area contributed by atoms with Crippen molar-refractivity contribution in [2.75, 3.05) is 27.2 Å². The molecule has 1 aliphatic heterocycles. The highest BCUT2D eigenvalue weighted by Gasteiger charge is 2.24. The van der Waals surface area contributed by atoms with Crippen molar-refractivity contribution < 1.29 is 9.18 Å². The normalized spacial score (nSPS) is 15.4. The van der Waals surface area contributed by atoms with Gasteiger partial charge in [0.1, 0.15) is 5.82 Å². The Morgan fingerprint density at radius 1 is 1.14 bits per heavy atom. The van der Waals surface area contributed by atoms with Crippen molar-refractivity contribution in [2.24, 2.45) is 0 Å². The Balaban J connectivity index is 1.54. The molecule has 1 fully saturated rings. The minimum Gasteiger partial charge on any atom is -0.354 e. The second-order valence-corrected chi connectivity index (χ2v) is 8.11. The monoisotopic (exact) mass is 393 g/mol. The minimum absolute atomic E-state index is 0.187. The average molecular weight is 394 g/mol. The Bertz CT molecular complexity index is 988. The van der Waals surface area contributed by atoms with Crippen molar-refractivity contribution in [3.8, 4) is 11.3 Å². The number of nitrogens with zero attached hydrogens (tertiary/aromatic N) is 2. The molecule has 0 unspecified atom stereocenters. The Kier molecular flexibility index (Phi) is 5.67. The summed E-state index contributed by atoms with van der Waals surface area (Å²) in [6.45, 7) is 1.63. The van der Waals surface area contributed by atoms with E-state index in [1.54, 1.807) is 12.1 Å². The minimum atomic E-state index is -0.255. The van der Waals surface area contributed by atoms with Gasteiger partial charge < -0.3 is 14.8 Å². The topological polar surface area (TPSA) is 39.3 Å². The Hall–Kier alpha value is -2.66. The highest BCUT2D eigenvalue weighted by Crippen LogP contribution is 2.32. The second-order valence-electron chi connectivity index (χ2n) is 8.11. The summed E-state index contributed by atoms with van der Waals surface area (Å²) < 4.78 is 13.9. The standard InChI is InChI=1S/C24H28FN3O/c1-27(2)19-12-14-28(15-13-19)23(29)11-9-20-21-16-18(25)8-10-22(21)26-24(20)17-6-4-3-5-7-17/h3-8,10,16,19,26H,9,11-15H2,1-2H3. The van der Waals surface area contributed by atoms with Gasteiger partial charge in [0.2, 0.25) is 5.91 Å². The van der Waals surface area contributed by atoms with E-state index < -0.39 is 0 Å². The van der Waals surface area contributed by atoms with Gasteiger partial charge >= 0.3 is 0 Å². The predicted molar refractivity (Wildman–Crippen MR) is 115 cm³/mol. The highest BCUT2D eigenvalue weighted by atomic mass is 19.1. The Morgan fingerprint density at radius 3 is 2.55 bits per heavy atom. The molecule has 3 aromatic rings. The van der Waals surface area contributed by atoms with Crippen LogP contribution in [0.5, 0.6) is 0 Å². The van der Waals surface area contributed by atoms with Crippen LogP contribution in [-0.4, -0.2) is 53.9 Å². The molecule has 4 nitrogen and oxygen atoms in total. The maximum absolute atomic E-state index is 13.9. The van der Waals surface area contributed by atoms with E-state index in [1.807, 2.05) is 35.2 Å². The molecule has 2 heterocycles. The molecule has 2 aromatic carbocycles. The van der Waals surface area contributed by atoms with Crippen LogP contribution in [0.15, 0.2) is 48.5 Å². The second kappa shape index (κ2) is 8.37. The average Bonchev–Trinajstić information content (AvgIpc) is 3.10. The van der Waals surface area contributed by atoms with Crippen LogP contribution in [-0.2, 0) is 11.2 Å². The van der Waals surface area contributed by atoms with Gasteiger partial charge in [-0.25, -0.2) is 4.39 Å². The summed E-state index contributed by atoms with van der Waals surface area (Å²) in [5.41, 5.74) is 3.95. The lowest BCUT2D eigenvalue weighted by Gasteiger charge is -2.35. The van der Waals surface area contributed by atoms with Gasteiger partial charge in [0.25, 0.3) is 0 Å². The predicted octanol–water partition coefficient (Wildman–Crippen LogP) is 4.46. The van der Waals surface area contributed by atoms with Gasteiger partial charge in [-0.3, -0.25) is 4.79 Å². The number of hydrogen-bond donors (Lipinski definition) is 1. The zero-order valence-electron chi connectivity index (χ0n) is 17.1. The molecule has 1 N–H and O–H groups in total. The van der Waals surface area contributed by atoms with Crippen molar-refractivity contribution >= 4 is 16.8 Å². The van der Waals surface area contributed by atoms with Crippen molar-refractivity contribution in [2.45, 2.75) is 31.7 Å². The zero-order valence-corrected chi connectivity index (χ0v) is 17.1. The number of aromatic amines is 1. The van der Waals surface area contributed by atoms with E-state index in [0.29, 0.717) is 18.9 Å². The fourth-order valence-electron chi connectivity index (χ4n) is 4.35. The van der Waals surface area contributed by atoms with Crippen LogP contribution in [0.2, 0.25) is 0 Å². The number of piperidine rings is 1. The first-order valence-electron chi connectivity index (χ1n) is 10.3. The number of benzene rings is 2. The van der Waals surface area contributed by atoms with Crippen LogP contribution in [0.1, 0.15) is 24.8 Å². The van der Waals surface area contributed by atoms with Gasteiger partial charge in [-0.05, 0) is 62.7 Å². The molecule has 152 valence electrons. The number of likely N-dealkylation sites (tertiary alicyclic amines) is 1. The summed E-state index contributed by atoms with van der Waals surface area (Å²) in [6.07, 6.45) is 3.08. The maximum Gasteiger partial charge on any atom is 0.222 e. The van der Waals surface area contributed by atoms with Gasteiger partial charge in [0.15, 0.2) is 0 Å². The first kappa shape index (κ1) is 19.6. The molecule has 5 heteroatoms. The number of nitrogens with one attached hydrogen (secondary N) is 1. The Labute approximate surface area is 171 Å². The number of aryl methyl sites for hydroxylation is 1. The van der Waals surface area contributed by atoms with Crippen LogP contribution in [0.3, 0.4) is 0 Å². The van der Waals surface area contributed by atoms with E-state index in [1.165, 1.54) is 6.07 Å². The third-order valence-electron chi connectivity index (χ3n) is 6.07. The summed E-state index contributed by atoms with van der Waals surface area (Å²) in [4.78, 5) is 20.5. The number of H-pyrrole nitrogens is 1. The summed E-state index contributed by atoms with van der Waals surface area (Å²) in [5, 5.41) is 0.864. The number of aromatic nitrogens is 1. The third kappa shape index (κ3) is 4.20. The number of carbonyl (C=O) groups excluding carboxylic acids is 1. The SMILES string of the molecule is CN(C)C1CCN(C(=O)CCc2c(-c3ccccc3)[nH]c3ccc(F)cc23)CC1. The number of amides is 1. The quantitative estimate of drug-likeness (QED) is 0.695. The lowest BCUT2D eigenvalue weighted by molar-refractivity contribution is -0.132. The fraction of sp³-hybridized carbons (Fsp3) is 0.375. The summed E-state index contributed by atoms with van der Waals surface area (Å²) in [7, 11) is 4.20. The molecular weight excluding hydrogens is 365 g/mol. The van der Waals surface area contributed by atoms with Gasteiger partial charge in [-0.2, -0.15) is 0 Å². The van der Waals surface area contributed by atoms with Crippen LogP contribution < -0.4 is 0 Å². The summed E-state index contributed by atoms with van der Waals surface area (Å²) >= 11 is 0. The fourth-order valence-corrected chi connectivity index (χ4v) is 4.35. The van der Waals surface area contributed by atoms with Crippen LogP contribution in [0.4, 0.5) is 4.39 Å². The molecule has 1 saturated heterocycles. The molecule has 0 radical (unpaired) electrons. The van der Waals surface area contributed by atoms with E-state index in [4.69, 9.17) is 0 Å². The van der Waals surface area contributed by atoms with Gasteiger partial charge in [-0.1, -0.05) is 30.3 Å². The van der Waals surface area contributed by atoms with Crippen molar-refractivity contribution in [1.82, 2.24) is 14.8 Å². The smallest absolute Gasteiger partial charge is 0.222 e. The van der Waals surface area contributed by atoms with Crippen LogP contribution in [0, 0.1) is 5.82 Å². The molecule has 0 saturated carbocycles. The summed E-state index contributed by atoms with van der Waals surface area (Å²) in [6, 6.07) is 15.4. The lowest BCUT2D eigenvalue weighted by Crippen LogP contribution is -2.44. The van der Waals surface area contributed by atoms with E-state index in [9.17, 15) is 9.18 Å². The first-order valence-corrected chi connectivity index (χ1v) is 10.3. The van der Waals surface area contributed by atoms with Gasteiger partial charge in [0.05, 0.1) is 0 Å². The van der Waals surface area contributed by atoms with Crippen molar-refractivity contribution in [3.63, 3.8) is 0 Å². The molecule has 0 aliphatic carbocycles. The highest BCUT2D eigenvalue weighted by molar-refractivity contribution is 5.91. The first-order chi connectivity index (χ1) is 14.0. The largest absolute Gasteiger partial charge is 0.354 e. The molecule has 1 amide bonds. The molecule has 1 aliphatic rings. The molecule has 4 rings (SSSR count). The molecule has 0 atom stereocenters. The number of fused-ring (bicyclic) bond motifs is 1. The van der Waals surface area contributed by atoms with E-state index in [2.05, 4.69) is 24.0 Å². The van der Waals surface area contributed by atoms with Crippen LogP contribution in [0.25, 0.3) is 22.2 Å². The van der Waals surface area contributed by atoms with E-state index in [0.717, 1.165) is 53.7 Å². The van der Waals surface area contributed by atoms with Crippen molar-refractivity contribution in [3.05, 3.63) is 59.9 Å². The number of carbonyl (C=O) groups is 1. The number of halogens is 1. The Morgan fingerprint density at radius 2 is 1.86 bits per heavy atom. The number of hydrogen-bond acceptors (Lipinski definition) is 2. The molecule has 0 spiro atoms. The molecule has 1 aromatic heterocycles. The van der Waals surface area contributed by atoms with Gasteiger partial charge in [0, 0.05) is 42.1 Å². The van der Waals surface area contributed by atoms with Crippen molar-refractivity contribution in [1.29, 1.82) is 0 Å². The molecule has 29 heavy (non-hydrogen) atoms. The maximum atomic E-state index is 13.9. The van der Waals surface area contributed by atoms with E-state index in [-0.39, 0.29) is 11.7 Å². The van der Waals surface area contributed by atoms with E-state index >= 15 is 0 Å². The molecular formula is C24H28FN3O. The lowest BCUT2D eigenvalue weighted by atomic mass is 9.99. The summed E-state index contributed by atoms with van der Waals surface area (Å²) in [5.74, 6) is -0.0681.